The van der Waals surface area contributed by atoms with E-state index in [1.165, 1.54) is 32.2 Å². The van der Waals surface area contributed by atoms with Gasteiger partial charge in [-0.05, 0) is 50.7 Å². The van der Waals surface area contributed by atoms with Crippen molar-refractivity contribution in [2.24, 2.45) is 11.8 Å². The van der Waals surface area contributed by atoms with Crippen LogP contribution in [0.2, 0.25) is 18.6 Å². The van der Waals surface area contributed by atoms with Crippen molar-refractivity contribution in [3.8, 4) is 0 Å². The number of fused-ring (bicyclic) bond motifs is 2. The van der Waals surface area contributed by atoms with E-state index in [2.05, 4.69) is 36.9 Å². The largest absolute Gasteiger partial charge is 0.378 e. The van der Waals surface area contributed by atoms with E-state index in [4.69, 9.17) is 4.74 Å². The summed E-state index contributed by atoms with van der Waals surface area (Å²) in [6, 6.07) is 0. The summed E-state index contributed by atoms with van der Waals surface area (Å²) >= 11 is 0. The van der Waals surface area contributed by atoms with Crippen molar-refractivity contribution in [1.82, 2.24) is 4.57 Å². The first-order valence-electron chi connectivity index (χ1n) is 7.58. The molecule has 102 valence electrons. The van der Waals surface area contributed by atoms with Gasteiger partial charge in [0, 0.05) is 12.5 Å². The van der Waals surface area contributed by atoms with Crippen LogP contribution in [0.4, 0.5) is 0 Å². The predicted molar refractivity (Wildman–Crippen MR) is 78.2 cm³/mol. The molecule has 4 unspecified atom stereocenters. The highest BCUT2D eigenvalue weighted by Gasteiger charge is 2.41. The van der Waals surface area contributed by atoms with Crippen molar-refractivity contribution < 1.29 is 4.74 Å². The molecule has 1 saturated heterocycles. The maximum absolute atomic E-state index is 6.18. The number of hydrogen-bond donors (Lipinski definition) is 0. The SMILES string of the molecule is CN1CCC(CCOC2CC3C=CC2C3)[Si]1(C)C. The number of rotatable bonds is 4. The summed E-state index contributed by atoms with van der Waals surface area (Å²) in [4.78, 5) is 0. The van der Waals surface area contributed by atoms with Gasteiger partial charge in [0.2, 0.25) is 0 Å². The summed E-state index contributed by atoms with van der Waals surface area (Å²) in [5, 5.41) is 0. The molecule has 2 fully saturated rings. The Morgan fingerprint density at radius 1 is 1.28 bits per heavy atom. The predicted octanol–water partition coefficient (Wildman–Crippen LogP) is 3.27. The van der Waals surface area contributed by atoms with E-state index >= 15 is 0 Å². The van der Waals surface area contributed by atoms with Crippen LogP contribution in [0.1, 0.15) is 25.7 Å². The summed E-state index contributed by atoms with van der Waals surface area (Å²) in [7, 11) is 1.19. The van der Waals surface area contributed by atoms with Gasteiger partial charge in [0.15, 0.2) is 0 Å². The summed E-state index contributed by atoms with van der Waals surface area (Å²) in [6.45, 7) is 7.34. The van der Waals surface area contributed by atoms with E-state index in [0.29, 0.717) is 6.10 Å². The Kier molecular flexibility index (Phi) is 3.41. The quantitative estimate of drug-likeness (QED) is 0.571. The van der Waals surface area contributed by atoms with Crippen molar-refractivity contribution in [2.45, 2.75) is 50.4 Å². The van der Waals surface area contributed by atoms with Gasteiger partial charge in [-0.15, -0.1) is 0 Å². The minimum absolute atomic E-state index is 0.545. The van der Waals surface area contributed by atoms with Crippen LogP contribution in [0.3, 0.4) is 0 Å². The molecule has 1 aliphatic heterocycles. The number of ether oxygens (including phenoxy) is 1. The third kappa shape index (κ3) is 2.21. The van der Waals surface area contributed by atoms with Gasteiger partial charge in [-0.25, -0.2) is 0 Å². The molecule has 4 atom stereocenters. The Morgan fingerprint density at radius 3 is 2.67 bits per heavy atom. The molecule has 2 nitrogen and oxygen atoms in total. The first-order valence-corrected chi connectivity index (χ1v) is 10.6. The van der Waals surface area contributed by atoms with Gasteiger partial charge in [0.25, 0.3) is 0 Å². The fraction of sp³-hybridized carbons (Fsp3) is 0.867. The van der Waals surface area contributed by atoms with Crippen LogP contribution in [0.15, 0.2) is 12.2 Å². The molecule has 0 radical (unpaired) electrons. The second kappa shape index (κ2) is 4.77. The minimum Gasteiger partial charge on any atom is -0.378 e. The smallest absolute Gasteiger partial charge is 0.125 e. The minimum atomic E-state index is -1.13. The average molecular weight is 265 g/mol. The lowest BCUT2D eigenvalue weighted by molar-refractivity contribution is 0.0344. The van der Waals surface area contributed by atoms with Gasteiger partial charge in [-0.2, -0.15) is 0 Å². The molecular formula is C15H27NOSi. The van der Waals surface area contributed by atoms with E-state index in [1.54, 1.807) is 0 Å². The molecule has 0 aromatic heterocycles. The summed E-state index contributed by atoms with van der Waals surface area (Å²) < 4.78 is 8.82. The normalized spacial score (nSPS) is 41.9. The Hall–Kier alpha value is -0.123. The molecule has 2 bridgehead atoms. The van der Waals surface area contributed by atoms with Gasteiger partial charge in [-0.3, -0.25) is 0 Å². The third-order valence-electron chi connectivity index (χ3n) is 5.81. The summed E-state index contributed by atoms with van der Waals surface area (Å²) in [6.07, 6.45) is 10.7. The van der Waals surface area contributed by atoms with Crippen LogP contribution in [0, 0.1) is 11.8 Å². The fourth-order valence-corrected chi connectivity index (χ4v) is 7.07. The van der Waals surface area contributed by atoms with E-state index in [1.807, 2.05) is 0 Å². The molecule has 1 saturated carbocycles. The molecular weight excluding hydrogens is 238 g/mol. The zero-order valence-corrected chi connectivity index (χ0v) is 13.1. The lowest BCUT2D eigenvalue weighted by atomic mass is 10.0. The zero-order valence-electron chi connectivity index (χ0n) is 12.1. The van der Waals surface area contributed by atoms with Gasteiger partial charge in [0.05, 0.1) is 6.10 Å². The average Bonchev–Trinajstić information content (AvgIpc) is 2.99. The Labute approximate surface area is 112 Å². The van der Waals surface area contributed by atoms with Crippen LogP contribution in [-0.2, 0) is 4.74 Å². The molecule has 3 rings (SSSR count). The molecule has 0 aromatic carbocycles. The Balaban J connectivity index is 1.44. The Morgan fingerprint density at radius 2 is 2.11 bits per heavy atom. The molecule has 3 heteroatoms. The summed E-state index contributed by atoms with van der Waals surface area (Å²) in [5.74, 6) is 1.58. The van der Waals surface area contributed by atoms with E-state index in [9.17, 15) is 0 Å². The van der Waals surface area contributed by atoms with Crippen LogP contribution in [-0.4, -0.2) is 39.1 Å². The maximum atomic E-state index is 6.18. The standard InChI is InChI=1S/C15H27NOSi/c1-16-8-6-14(18(16,2)3)7-9-17-15-11-12-4-5-13(15)10-12/h4-5,12-15H,6-11H2,1-3H3. The maximum Gasteiger partial charge on any atom is 0.125 e. The molecule has 0 aromatic rings. The monoisotopic (exact) mass is 265 g/mol. The second-order valence-electron chi connectivity index (χ2n) is 7.04. The lowest BCUT2D eigenvalue weighted by Gasteiger charge is -2.31. The van der Waals surface area contributed by atoms with Gasteiger partial charge in [-0.1, -0.05) is 25.2 Å². The summed E-state index contributed by atoms with van der Waals surface area (Å²) in [5.41, 5.74) is 0.941. The lowest BCUT2D eigenvalue weighted by Crippen LogP contribution is -2.43. The first kappa shape index (κ1) is 12.9. The number of nitrogens with zero attached hydrogens (tertiary/aromatic N) is 1. The van der Waals surface area contributed by atoms with E-state index < -0.39 is 8.24 Å². The van der Waals surface area contributed by atoms with Gasteiger partial charge in [0.1, 0.15) is 8.24 Å². The second-order valence-corrected chi connectivity index (χ2v) is 11.9. The molecule has 3 aliphatic rings. The van der Waals surface area contributed by atoms with Crippen LogP contribution in [0.5, 0.6) is 0 Å². The van der Waals surface area contributed by atoms with E-state index in [0.717, 1.165) is 24.0 Å². The van der Waals surface area contributed by atoms with Crippen LogP contribution >= 0.6 is 0 Å². The molecule has 0 N–H and O–H groups in total. The van der Waals surface area contributed by atoms with Crippen molar-refractivity contribution in [3.05, 3.63) is 12.2 Å². The highest BCUT2D eigenvalue weighted by molar-refractivity contribution is 6.76. The number of allylic oxidation sites excluding steroid dienone is 1. The van der Waals surface area contributed by atoms with Crippen LogP contribution in [0.25, 0.3) is 0 Å². The molecule has 0 amide bonds. The third-order valence-corrected chi connectivity index (χ3v) is 10.6. The molecule has 2 aliphatic carbocycles. The van der Waals surface area contributed by atoms with Gasteiger partial charge < -0.3 is 9.30 Å². The zero-order chi connectivity index (χ0) is 12.8. The Bertz CT molecular complexity index is 341. The van der Waals surface area contributed by atoms with Crippen molar-refractivity contribution in [1.29, 1.82) is 0 Å². The van der Waals surface area contributed by atoms with Crippen LogP contribution < -0.4 is 0 Å². The topological polar surface area (TPSA) is 12.5 Å². The van der Waals surface area contributed by atoms with Crippen molar-refractivity contribution in [3.63, 3.8) is 0 Å². The highest BCUT2D eigenvalue weighted by Crippen LogP contribution is 2.42. The highest BCUT2D eigenvalue weighted by atomic mass is 28.3. The van der Waals surface area contributed by atoms with Crippen molar-refractivity contribution >= 4 is 8.24 Å². The molecule has 0 spiro atoms. The van der Waals surface area contributed by atoms with E-state index in [-0.39, 0.29) is 0 Å². The fourth-order valence-electron chi connectivity index (χ4n) is 4.08. The first-order chi connectivity index (χ1) is 8.57. The molecule has 1 heterocycles. The molecule has 18 heavy (non-hydrogen) atoms. The number of hydrogen-bond acceptors (Lipinski definition) is 2. The van der Waals surface area contributed by atoms with Crippen molar-refractivity contribution in [2.75, 3.05) is 20.2 Å². The van der Waals surface area contributed by atoms with Gasteiger partial charge >= 0.3 is 0 Å².